The molecule has 0 saturated heterocycles. The number of nitrogens with one attached hydrogen (secondary N) is 3. The smallest absolute Gasteiger partial charge is 0.336 e. The normalized spacial score (nSPS) is 13.4. The summed E-state index contributed by atoms with van der Waals surface area (Å²) in [5.74, 6) is -10.4. The van der Waals surface area contributed by atoms with Gasteiger partial charge in [0.2, 0.25) is 23.6 Å². The van der Waals surface area contributed by atoms with Crippen molar-refractivity contribution in [3.63, 3.8) is 0 Å². The molecule has 0 saturated carbocycles. The highest BCUT2D eigenvalue weighted by atomic mass is 16.4. The van der Waals surface area contributed by atoms with E-state index in [1.54, 1.807) is 6.92 Å². The predicted molar refractivity (Wildman–Crippen MR) is 165 cm³/mol. The molecule has 0 aliphatic heterocycles. The van der Waals surface area contributed by atoms with Crippen LogP contribution in [0.2, 0.25) is 0 Å². The molecular formula is C30H37N5O13. The molecule has 0 unspecified atom stereocenters. The van der Waals surface area contributed by atoms with Gasteiger partial charge in [-0.1, -0.05) is 13.8 Å². The molecule has 0 bridgehead atoms. The summed E-state index contributed by atoms with van der Waals surface area (Å²) in [6.07, 6.45) is -3.01. The van der Waals surface area contributed by atoms with Crippen LogP contribution in [0.4, 0.5) is 5.69 Å². The summed E-state index contributed by atoms with van der Waals surface area (Å²) in [6, 6.07) is -1.39. The van der Waals surface area contributed by atoms with Gasteiger partial charge in [-0.3, -0.25) is 43.3 Å². The van der Waals surface area contributed by atoms with Gasteiger partial charge in [0.1, 0.15) is 29.8 Å². The lowest BCUT2D eigenvalue weighted by Crippen LogP contribution is -2.60. The first-order valence-electron chi connectivity index (χ1n) is 14.5. The fourth-order valence-electron chi connectivity index (χ4n) is 4.76. The van der Waals surface area contributed by atoms with Crippen LogP contribution >= 0.6 is 0 Å². The van der Waals surface area contributed by atoms with Gasteiger partial charge < -0.3 is 41.4 Å². The Kier molecular flexibility index (Phi) is 13.3. The van der Waals surface area contributed by atoms with Crippen molar-refractivity contribution in [3.05, 3.63) is 40.2 Å². The second-order valence-corrected chi connectivity index (χ2v) is 11.2. The Balaban J connectivity index is 2.59. The van der Waals surface area contributed by atoms with Crippen LogP contribution in [0.15, 0.2) is 33.5 Å². The van der Waals surface area contributed by atoms with Gasteiger partial charge in [-0.05, 0) is 37.0 Å². The Morgan fingerprint density at radius 2 is 1.46 bits per heavy atom. The largest absolute Gasteiger partial charge is 0.481 e. The van der Waals surface area contributed by atoms with Crippen molar-refractivity contribution in [2.75, 3.05) is 4.90 Å². The first-order chi connectivity index (χ1) is 22.3. The molecule has 2 aromatic rings. The number of aliphatic carboxylic acids is 3. The summed E-state index contributed by atoms with van der Waals surface area (Å²) in [7, 11) is 0. The maximum absolute atomic E-state index is 14.2. The Hall–Kier alpha value is -5.81. The third-order valence-electron chi connectivity index (χ3n) is 7.04. The molecule has 0 spiro atoms. The van der Waals surface area contributed by atoms with Crippen molar-refractivity contribution < 1.29 is 58.1 Å². The van der Waals surface area contributed by atoms with E-state index in [-0.39, 0.29) is 11.3 Å². The van der Waals surface area contributed by atoms with E-state index in [9.17, 15) is 53.4 Å². The van der Waals surface area contributed by atoms with Crippen LogP contribution < -0.4 is 32.2 Å². The van der Waals surface area contributed by atoms with Gasteiger partial charge in [0.25, 0.3) is 5.91 Å². The predicted octanol–water partition coefficient (Wildman–Crippen LogP) is -0.767. The van der Waals surface area contributed by atoms with E-state index in [2.05, 4.69) is 16.0 Å². The van der Waals surface area contributed by atoms with Gasteiger partial charge in [-0.2, -0.15) is 0 Å². The number of benzene rings is 1. The molecule has 18 heteroatoms. The van der Waals surface area contributed by atoms with Crippen LogP contribution in [0, 0.1) is 12.8 Å². The number of rotatable bonds is 17. The maximum atomic E-state index is 14.2. The SMILES string of the molecule is CC(=O)N[C@@H](CC(=O)O)C(=O)N[C@@H](CCC(=O)O)C(=O)N[C@H](C(=O)N(c1ccc2c(C)cc(=O)oc2c1)[C@@H](CC(=O)O)C(N)=O)C(C)C. The third kappa shape index (κ3) is 10.6. The fraction of sp³-hybridized carbons (Fsp3) is 0.433. The second-order valence-electron chi connectivity index (χ2n) is 11.2. The molecule has 1 aromatic carbocycles. The number of carbonyl (C=O) groups is 8. The molecule has 1 heterocycles. The molecular weight excluding hydrogens is 638 g/mol. The monoisotopic (exact) mass is 675 g/mol. The Labute approximate surface area is 272 Å². The third-order valence-corrected chi connectivity index (χ3v) is 7.04. The van der Waals surface area contributed by atoms with Crippen LogP contribution in [0.5, 0.6) is 0 Å². The number of hydrogen-bond donors (Lipinski definition) is 7. The topological polar surface area (TPSA) is 293 Å². The zero-order valence-electron chi connectivity index (χ0n) is 26.5. The number of anilines is 1. The highest BCUT2D eigenvalue weighted by Crippen LogP contribution is 2.27. The van der Waals surface area contributed by atoms with Crippen LogP contribution in [-0.4, -0.2) is 86.9 Å². The molecule has 4 atom stereocenters. The number of primary amides is 1. The molecule has 2 rings (SSSR count). The lowest BCUT2D eigenvalue weighted by molar-refractivity contribution is -0.141. The minimum absolute atomic E-state index is 0.00879. The summed E-state index contributed by atoms with van der Waals surface area (Å²) < 4.78 is 5.24. The zero-order chi connectivity index (χ0) is 36.5. The molecule has 8 N–H and O–H groups in total. The zero-order valence-corrected chi connectivity index (χ0v) is 26.5. The quantitative estimate of drug-likeness (QED) is 0.102. The Morgan fingerprint density at radius 3 is 1.98 bits per heavy atom. The molecule has 260 valence electrons. The van der Waals surface area contributed by atoms with Crippen LogP contribution in [0.3, 0.4) is 0 Å². The van der Waals surface area contributed by atoms with E-state index in [0.29, 0.717) is 10.9 Å². The lowest BCUT2D eigenvalue weighted by Gasteiger charge is -2.34. The van der Waals surface area contributed by atoms with E-state index < -0.39 is 109 Å². The average Bonchev–Trinajstić information content (AvgIpc) is 2.95. The van der Waals surface area contributed by atoms with Crippen molar-refractivity contribution in [1.29, 1.82) is 0 Å². The fourth-order valence-corrected chi connectivity index (χ4v) is 4.76. The summed E-state index contributed by atoms with van der Waals surface area (Å²) >= 11 is 0. The van der Waals surface area contributed by atoms with E-state index in [1.165, 1.54) is 38.1 Å². The molecule has 18 nitrogen and oxygen atoms in total. The van der Waals surface area contributed by atoms with Gasteiger partial charge in [0, 0.05) is 36.6 Å². The standard InChI is InChI=1S/C30H37N5O13/c1-13(2)26(34-28(45)18(7-8-22(37)38)33-29(46)19(11-23(39)40)32-15(4)36)30(47)35(20(27(31)44)12-24(41)42)16-5-6-17-14(3)9-25(43)48-21(17)10-16/h5-6,9-10,13,18-20,26H,7-8,11-12H2,1-4H3,(H2,31,44)(H,32,36)(H,33,46)(H,34,45)(H,37,38)(H,39,40)(H,41,42)/t18-,19-,20-,26-/m0/s1. The Bertz CT molecular complexity index is 1650. The average molecular weight is 676 g/mol. The number of carboxylic acid groups (broad SMARTS) is 3. The summed E-state index contributed by atoms with van der Waals surface area (Å²) in [5, 5.41) is 35.1. The van der Waals surface area contributed by atoms with Crippen LogP contribution in [-0.2, 0) is 38.4 Å². The van der Waals surface area contributed by atoms with Gasteiger partial charge >= 0.3 is 23.5 Å². The second kappa shape index (κ2) is 16.7. The molecule has 0 fully saturated rings. The number of fused-ring (bicyclic) bond motifs is 1. The van der Waals surface area contributed by atoms with E-state index >= 15 is 0 Å². The minimum atomic E-state index is -1.81. The van der Waals surface area contributed by atoms with Crippen molar-refractivity contribution in [1.82, 2.24) is 16.0 Å². The van der Waals surface area contributed by atoms with Gasteiger partial charge in [-0.25, -0.2) is 4.79 Å². The van der Waals surface area contributed by atoms with Crippen molar-refractivity contribution >= 4 is 64.1 Å². The summed E-state index contributed by atoms with van der Waals surface area (Å²) in [4.78, 5) is 112. The molecule has 48 heavy (non-hydrogen) atoms. The lowest BCUT2D eigenvalue weighted by atomic mass is 9.98. The molecule has 0 radical (unpaired) electrons. The van der Waals surface area contributed by atoms with Gasteiger partial charge in [-0.15, -0.1) is 0 Å². The molecule has 0 aliphatic rings. The Morgan fingerprint density at radius 1 is 0.854 bits per heavy atom. The van der Waals surface area contributed by atoms with Crippen molar-refractivity contribution in [3.8, 4) is 0 Å². The first-order valence-corrected chi connectivity index (χ1v) is 14.5. The molecule has 1 aromatic heterocycles. The van der Waals surface area contributed by atoms with E-state index in [0.717, 1.165) is 11.8 Å². The van der Waals surface area contributed by atoms with Crippen LogP contribution in [0.1, 0.15) is 52.0 Å². The summed E-state index contributed by atoms with van der Waals surface area (Å²) in [5.41, 5.74) is 5.21. The maximum Gasteiger partial charge on any atom is 0.336 e. The minimum Gasteiger partial charge on any atom is -0.481 e. The summed E-state index contributed by atoms with van der Waals surface area (Å²) in [6.45, 7) is 5.63. The highest BCUT2D eigenvalue weighted by molar-refractivity contribution is 6.06. The van der Waals surface area contributed by atoms with Crippen LogP contribution in [0.25, 0.3) is 11.0 Å². The molecule has 0 aliphatic carbocycles. The number of nitrogens with zero attached hydrogens (tertiary/aromatic N) is 1. The van der Waals surface area contributed by atoms with E-state index in [4.69, 9.17) is 15.3 Å². The van der Waals surface area contributed by atoms with Gasteiger partial charge in [0.15, 0.2) is 0 Å². The van der Waals surface area contributed by atoms with Crippen molar-refractivity contribution in [2.24, 2.45) is 11.7 Å². The first kappa shape index (κ1) is 38.4. The van der Waals surface area contributed by atoms with E-state index in [1.807, 2.05) is 0 Å². The number of carboxylic acids is 3. The number of nitrogens with two attached hydrogens (primary N) is 1. The highest BCUT2D eigenvalue weighted by Gasteiger charge is 2.39. The number of hydrogen-bond acceptors (Lipinski definition) is 10. The molecule has 5 amide bonds. The number of carbonyl (C=O) groups excluding carboxylic acids is 5. The van der Waals surface area contributed by atoms with Crippen molar-refractivity contribution in [2.45, 2.75) is 77.5 Å². The van der Waals surface area contributed by atoms with Gasteiger partial charge in [0.05, 0.1) is 12.8 Å². The number of amides is 5. The number of aryl methyl sites for hydroxylation is 1.